The molecule has 0 aliphatic carbocycles. The molecule has 0 amide bonds. The van der Waals surface area contributed by atoms with E-state index in [0.29, 0.717) is 13.1 Å². The zero-order valence-corrected chi connectivity index (χ0v) is 16.1. The Labute approximate surface area is 160 Å². The molecule has 0 aliphatic heterocycles. The summed E-state index contributed by atoms with van der Waals surface area (Å²) in [5, 5.41) is 3.34. The van der Waals surface area contributed by atoms with E-state index in [9.17, 15) is 0 Å². The third-order valence-electron chi connectivity index (χ3n) is 4.29. The molecule has 0 fully saturated rings. The Bertz CT molecular complexity index is 884. The predicted octanol–water partition coefficient (Wildman–Crippen LogP) is 3.38. The van der Waals surface area contributed by atoms with Gasteiger partial charge in [0.15, 0.2) is 5.96 Å². The first-order valence-electron chi connectivity index (χ1n) is 9.16. The number of hydrogen-bond acceptors (Lipinski definition) is 3. The van der Waals surface area contributed by atoms with Gasteiger partial charge in [0.1, 0.15) is 5.82 Å². The molecule has 2 aromatic heterocycles. The highest BCUT2D eigenvalue weighted by molar-refractivity contribution is 5.79. The zero-order valence-electron chi connectivity index (χ0n) is 16.1. The Morgan fingerprint density at radius 3 is 2.70 bits per heavy atom. The number of pyridine rings is 1. The van der Waals surface area contributed by atoms with Crippen LogP contribution in [0, 0.1) is 6.92 Å². The normalized spacial score (nSPS) is 11.4. The molecule has 0 atom stereocenters. The molecule has 3 rings (SSSR count). The van der Waals surface area contributed by atoms with Gasteiger partial charge in [-0.05, 0) is 31.0 Å². The smallest absolute Gasteiger partial charge is 0.194 e. The van der Waals surface area contributed by atoms with Gasteiger partial charge >= 0.3 is 0 Å². The van der Waals surface area contributed by atoms with E-state index in [4.69, 9.17) is 4.99 Å². The van der Waals surface area contributed by atoms with Crippen molar-refractivity contribution in [1.29, 1.82) is 0 Å². The van der Waals surface area contributed by atoms with Crippen molar-refractivity contribution in [3.05, 3.63) is 71.9 Å². The van der Waals surface area contributed by atoms with E-state index in [1.165, 1.54) is 0 Å². The average molecular weight is 362 g/mol. The van der Waals surface area contributed by atoms with Gasteiger partial charge in [0.05, 0.1) is 30.7 Å². The molecule has 6 heteroatoms. The number of benzene rings is 1. The molecule has 0 saturated heterocycles. The predicted molar refractivity (Wildman–Crippen MR) is 109 cm³/mol. The van der Waals surface area contributed by atoms with Crippen LogP contribution < -0.4 is 5.32 Å². The second-order valence-corrected chi connectivity index (χ2v) is 6.40. The zero-order chi connectivity index (χ0) is 19.1. The van der Waals surface area contributed by atoms with Crippen LogP contribution in [0.5, 0.6) is 0 Å². The molecule has 3 aromatic rings. The highest BCUT2D eigenvalue weighted by Crippen LogP contribution is 2.16. The van der Waals surface area contributed by atoms with Crippen molar-refractivity contribution >= 4 is 5.96 Å². The van der Waals surface area contributed by atoms with E-state index < -0.39 is 0 Å². The van der Waals surface area contributed by atoms with Gasteiger partial charge in [-0.2, -0.15) is 0 Å². The van der Waals surface area contributed by atoms with Crippen LogP contribution >= 0.6 is 0 Å². The molecule has 0 radical (unpaired) electrons. The first kappa shape index (κ1) is 18.6. The fourth-order valence-corrected chi connectivity index (χ4v) is 2.81. The SMILES string of the molecule is CCNC(=NCc1ncccc1C)N(C)Cc1ncc(-c2ccccc2)[nH]1. The molecule has 0 unspecified atom stereocenters. The molecule has 0 spiro atoms. The highest BCUT2D eigenvalue weighted by Gasteiger charge is 2.10. The van der Waals surface area contributed by atoms with Gasteiger partial charge < -0.3 is 15.2 Å². The van der Waals surface area contributed by atoms with Gasteiger partial charge in [-0.15, -0.1) is 0 Å². The minimum Gasteiger partial charge on any atom is -0.357 e. The van der Waals surface area contributed by atoms with E-state index >= 15 is 0 Å². The summed E-state index contributed by atoms with van der Waals surface area (Å²) in [6, 6.07) is 14.2. The highest BCUT2D eigenvalue weighted by atomic mass is 15.3. The number of aliphatic imine (C=N–C) groups is 1. The standard InChI is InChI=1S/C21H26N6/c1-4-22-21(25-13-18-16(2)9-8-12-23-18)27(3)15-20-24-14-19(26-20)17-10-6-5-7-11-17/h5-12,14H,4,13,15H2,1-3H3,(H,22,25)(H,24,26). The molecular weight excluding hydrogens is 336 g/mol. The molecule has 0 bridgehead atoms. The summed E-state index contributed by atoms with van der Waals surface area (Å²) in [5.74, 6) is 1.73. The number of rotatable bonds is 6. The molecule has 2 N–H and O–H groups in total. The molecule has 0 saturated carbocycles. The number of hydrogen-bond donors (Lipinski definition) is 2. The van der Waals surface area contributed by atoms with E-state index in [-0.39, 0.29) is 0 Å². The summed E-state index contributed by atoms with van der Waals surface area (Å²) in [6.07, 6.45) is 3.68. The molecule has 140 valence electrons. The first-order valence-corrected chi connectivity index (χ1v) is 9.16. The van der Waals surface area contributed by atoms with Crippen LogP contribution in [0.3, 0.4) is 0 Å². The number of guanidine groups is 1. The van der Waals surface area contributed by atoms with Crippen molar-refractivity contribution in [2.24, 2.45) is 4.99 Å². The molecule has 27 heavy (non-hydrogen) atoms. The molecule has 6 nitrogen and oxygen atoms in total. The number of aromatic amines is 1. The van der Waals surface area contributed by atoms with Crippen LogP contribution in [-0.4, -0.2) is 39.4 Å². The van der Waals surface area contributed by atoms with Crippen LogP contribution in [0.1, 0.15) is 24.0 Å². The van der Waals surface area contributed by atoms with Gasteiger partial charge in [-0.1, -0.05) is 36.4 Å². The van der Waals surface area contributed by atoms with E-state index in [2.05, 4.69) is 57.2 Å². The van der Waals surface area contributed by atoms with Crippen molar-refractivity contribution in [2.75, 3.05) is 13.6 Å². The third-order valence-corrected chi connectivity index (χ3v) is 4.29. The van der Waals surface area contributed by atoms with E-state index in [0.717, 1.165) is 40.8 Å². The second-order valence-electron chi connectivity index (χ2n) is 6.40. The Morgan fingerprint density at radius 2 is 1.96 bits per heavy atom. The average Bonchev–Trinajstić information content (AvgIpc) is 3.15. The fourth-order valence-electron chi connectivity index (χ4n) is 2.81. The largest absolute Gasteiger partial charge is 0.357 e. The lowest BCUT2D eigenvalue weighted by Gasteiger charge is -2.21. The van der Waals surface area contributed by atoms with Crippen molar-refractivity contribution in [2.45, 2.75) is 26.9 Å². The fraction of sp³-hybridized carbons (Fsp3) is 0.286. The lowest BCUT2D eigenvalue weighted by molar-refractivity contribution is 0.464. The van der Waals surface area contributed by atoms with Crippen molar-refractivity contribution in [1.82, 2.24) is 25.2 Å². The summed E-state index contributed by atoms with van der Waals surface area (Å²) in [5.41, 5.74) is 4.29. The summed E-state index contributed by atoms with van der Waals surface area (Å²) < 4.78 is 0. The summed E-state index contributed by atoms with van der Waals surface area (Å²) in [6.45, 7) is 6.11. The first-order chi connectivity index (χ1) is 13.2. The molecule has 2 heterocycles. The lowest BCUT2D eigenvalue weighted by Crippen LogP contribution is -2.38. The van der Waals surface area contributed by atoms with Gasteiger partial charge in [0.2, 0.25) is 0 Å². The minimum atomic E-state index is 0.548. The second kappa shape index (κ2) is 8.98. The van der Waals surface area contributed by atoms with Crippen molar-refractivity contribution in [3.8, 4) is 11.3 Å². The molecule has 1 aromatic carbocycles. The molecular formula is C21H26N6. The monoisotopic (exact) mass is 362 g/mol. The Kier molecular flexibility index (Phi) is 6.20. The van der Waals surface area contributed by atoms with Crippen molar-refractivity contribution in [3.63, 3.8) is 0 Å². The number of nitrogens with zero attached hydrogens (tertiary/aromatic N) is 4. The molecule has 0 aliphatic rings. The van der Waals surface area contributed by atoms with Gasteiger partial charge in [-0.3, -0.25) is 4.98 Å². The number of aryl methyl sites for hydroxylation is 1. The summed E-state index contributed by atoms with van der Waals surface area (Å²) in [7, 11) is 2.01. The Balaban J connectivity index is 1.70. The van der Waals surface area contributed by atoms with Crippen LogP contribution in [0.4, 0.5) is 0 Å². The van der Waals surface area contributed by atoms with E-state index in [1.807, 2.05) is 43.7 Å². The van der Waals surface area contributed by atoms with Crippen LogP contribution in [0.25, 0.3) is 11.3 Å². The van der Waals surface area contributed by atoms with Crippen LogP contribution in [0.2, 0.25) is 0 Å². The van der Waals surface area contributed by atoms with Gasteiger partial charge in [0.25, 0.3) is 0 Å². The van der Waals surface area contributed by atoms with Gasteiger partial charge in [-0.25, -0.2) is 9.98 Å². The Hall–Kier alpha value is -3.15. The quantitative estimate of drug-likeness (QED) is 0.521. The number of H-pyrrole nitrogens is 1. The van der Waals surface area contributed by atoms with Gasteiger partial charge in [0, 0.05) is 19.8 Å². The van der Waals surface area contributed by atoms with Crippen LogP contribution in [0.15, 0.2) is 59.9 Å². The minimum absolute atomic E-state index is 0.548. The Morgan fingerprint density at radius 1 is 1.15 bits per heavy atom. The number of nitrogens with one attached hydrogen (secondary N) is 2. The van der Waals surface area contributed by atoms with Crippen molar-refractivity contribution < 1.29 is 0 Å². The topological polar surface area (TPSA) is 69.2 Å². The maximum atomic E-state index is 4.73. The lowest BCUT2D eigenvalue weighted by atomic mass is 10.2. The number of imidazole rings is 1. The maximum Gasteiger partial charge on any atom is 0.194 e. The maximum absolute atomic E-state index is 4.73. The van der Waals surface area contributed by atoms with E-state index in [1.54, 1.807) is 0 Å². The third kappa shape index (κ3) is 4.94. The number of aromatic nitrogens is 3. The summed E-state index contributed by atoms with van der Waals surface area (Å²) in [4.78, 5) is 19.1. The summed E-state index contributed by atoms with van der Waals surface area (Å²) >= 11 is 0. The van der Waals surface area contributed by atoms with Crippen LogP contribution in [-0.2, 0) is 13.1 Å².